The predicted molar refractivity (Wildman–Crippen MR) is 118 cm³/mol. The number of aliphatic carboxylic acids is 2. The minimum absolute atomic E-state index is 0.0177. The van der Waals surface area contributed by atoms with E-state index in [0.29, 0.717) is 5.56 Å². The maximum absolute atomic E-state index is 12.7. The van der Waals surface area contributed by atoms with Gasteiger partial charge in [-0.25, -0.2) is 4.79 Å². The summed E-state index contributed by atoms with van der Waals surface area (Å²) in [5, 5.41) is 24.7. The van der Waals surface area contributed by atoms with E-state index < -0.39 is 66.7 Å². The van der Waals surface area contributed by atoms with Crippen molar-refractivity contribution in [1.29, 1.82) is 0 Å². The quantitative estimate of drug-likeness (QED) is 0.145. The molecule has 0 aliphatic carbocycles. The molecule has 3 atom stereocenters. The van der Waals surface area contributed by atoms with E-state index in [1.165, 1.54) is 0 Å². The summed E-state index contributed by atoms with van der Waals surface area (Å²) in [5.41, 5.74) is 11.5. The lowest BCUT2D eigenvalue weighted by atomic mass is 10.0. The van der Waals surface area contributed by atoms with E-state index in [0.717, 1.165) is 0 Å². The molecule has 0 aromatic heterocycles. The molecule has 1 rings (SSSR count). The molecule has 34 heavy (non-hydrogen) atoms. The van der Waals surface area contributed by atoms with Crippen LogP contribution in [0.25, 0.3) is 0 Å². The van der Waals surface area contributed by atoms with E-state index in [2.05, 4.69) is 16.0 Å². The van der Waals surface area contributed by atoms with Gasteiger partial charge in [-0.1, -0.05) is 30.3 Å². The Labute approximate surface area is 195 Å². The summed E-state index contributed by atoms with van der Waals surface area (Å²) < 4.78 is 0. The Morgan fingerprint density at radius 1 is 0.853 bits per heavy atom. The Morgan fingerprint density at radius 2 is 1.50 bits per heavy atom. The van der Waals surface area contributed by atoms with Crippen LogP contribution in [0.4, 0.5) is 0 Å². The number of carboxylic acid groups (broad SMARTS) is 2. The topological polar surface area (TPSA) is 231 Å². The van der Waals surface area contributed by atoms with E-state index in [-0.39, 0.29) is 25.7 Å². The maximum Gasteiger partial charge on any atom is 0.326 e. The van der Waals surface area contributed by atoms with Crippen molar-refractivity contribution >= 4 is 35.6 Å². The van der Waals surface area contributed by atoms with Crippen molar-refractivity contribution < 1.29 is 39.0 Å². The standard InChI is InChI=1S/C21H29N5O8/c22-13(6-8-16(23)27)19(31)26-15(10-12-4-2-1-3-5-12)20(32)24-11-17(28)25-14(21(33)34)7-9-18(29)30/h1-5,13-15H,6-11,22H2,(H2,23,27)(H,24,32)(H,25,28)(H,26,31)(H,29,30)(H,33,34). The van der Waals surface area contributed by atoms with Crippen molar-refractivity contribution in [3.05, 3.63) is 35.9 Å². The highest BCUT2D eigenvalue weighted by Crippen LogP contribution is 2.05. The molecule has 0 heterocycles. The van der Waals surface area contributed by atoms with Crippen molar-refractivity contribution in [2.45, 2.75) is 50.2 Å². The zero-order valence-electron chi connectivity index (χ0n) is 18.4. The largest absolute Gasteiger partial charge is 0.481 e. The number of amides is 4. The molecule has 0 spiro atoms. The van der Waals surface area contributed by atoms with Gasteiger partial charge in [0.15, 0.2) is 0 Å². The van der Waals surface area contributed by atoms with E-state index in [1.807, 2.05) is 0 Å². The van der Waals surface area contributed by atoms with Gasteiger partial charge < -0.3 is 37.6 Å². The first kappa shape index (κ1) is 28.0. The number of carbonyl (C=O) groups is 6. The summed E-state index contributed by atoms with van der Waals surface area (Å²) in [4.78, 5) is 69.9. The summed E-state index contributed by atoms with van der Waals surface area (Å²) in [6, 6.07) is 5.05. The molecule has 0 radical (unpaired) electrons. The molecule has 4 amide bonds. The number of hydrogen-bond donors (Lipinski definition) is 7. The molecule has 0 saturated carbocycles. The van der Waals surface area contributed by atoms with Gasteiger partial charge in [0.05, 0.1) is 12.6 Å². The fraction of sp³-hybridized carbons (Fsp3) is 0.429. The maximum atomic E-state index is 12.7. The lowest BCUT2D eigenvalue weighted by Gasteiger charge is -2.21. The highest BCUT2D eigenvalue weighted by Gasteiger charge is 2.26. The average Bonchev–Trinajstić information content (AvgIpc) is 2.78. The summed E-state index contributed by atoms with van der Waals surface area (Å²) in [5.74, 6) is -5.54. The third-order valence-corrected chi connectivity index (χ3v) is 4.66. The van der Waals surface area contributed by atoms with E-state index in [4.69, 9.17) is 21.7 Å². The molecule has 1 aromatic carbocycles. The predicted octanol–water partition coefficient (Wildman–Crippen LogP) is -2.14. The fourth-order valence-corrected chi connectivity index (χ4v) is 2.83. The second-order valence-corrected chi connectivity index (χ2v) is 7.47. The van der Waals surface area contributed by atoms with Crippen LogP contribution in [0.15, 0.2) is 30.3 Å². The average molecular weight is 479 g/mol. The number of rotatable bonds is 15. The normalized spacial score (nSPS) is 13.1. The van der Waals surface area contributed by atoms with Gasteiger partial charge in [0.1, 0.15) is 12.1 Å². The summed E-state index contributed by atoms with van der Waals surface area (Å²) >= 11 is 0. The molecule has 13 nitrogen and oxygen atoms in total. The highest BCUT2D eigenvalue weighted by atomic mass is 16.4. The molecule has 9 N–H and O–H groups in total. The number of benzene rings is 1. The summed E-state index contributed by atoms with van der Waals surface area (Å²) in [7, 11) is 0. The number of hydrogen-bond acceptors (Lipinski definition) is 7. The van der Waals surface area contributed by atoms with Crippen molar-refractivity contribution in [3.63, 3.8) is 0 Å². The van der Waals surface area contributed by atoms with Gasteiger partial charge in [0, 0.05) is 19.3 Å². The molecule has 0 aliphatic heterocycles. The van der Waals surface area contributed by atoms with Crippen LogP contribution < -0.4 is 27.4 Å². The van der Waals surface area contributed by atoms with Crippen molar-refractivity contribution in [3.8, 4) is 0 Å². The van der Waals surface area contributed by atoms with Gasteiger partial charge in [0.25, 0.3) is 0 Å². The molecule has 0 aliphatic rings. The lowest BCUT2D eigenvalue weighted by molar-refractivity contribution is -0.143. The van der Waals surface area contributed by atoms with Crippen molar-refractivity contribution in [2.24, 2.45) is 11.5 Å². The first-order valence-electron chi connectivity index (χ1n) is 10.4. The molecular formula is C21H29N5O8. The number of carboxylic acids is 2. The Morgan fingerprint density at radius 3 is 2.06 bits per heavy atom. The zero-order valence-corrected chi connectivity index (χ0v) is 18.4. The van der Waals surface area contributed by atoms with E-state index >= 15 is 0 Å². The third kappa shape index (κ3) is 11.0. The third-order valence-electron chi connectivity index (χ3n) is 4.66. The molecule has 0 fully saturated rings. The second kappa shape index (κ2) is 14.2. The first-order valence-corrected chi connectivity index (χ1v) is 10.4. The van der Waals surface area contributed by atoms with Crippen LogP contribution in [0.1, 0.15) is 31.2 Å². The fourth-order valence-electron chi connectivity index (χ4n) is 2.83. The molecule has 1 aromatic rings. The monoisotopic (exact) mass is 479 g/mol. The molecule has 13 heteroatoms. The van der Waals surface area contributed by atoms with Crippen LogP contribution in [0.2, 0.25) is 0 Å². The summed E-state index contributed by atoms with van der Waals surface area (Å²) in [6.07, 6.45) is -0.864. The Bertz CT molecular complexity index is 892. The number of nitrogens with two attached hydrogens (primary N) is 2. The minimum atomic E-state index is -1.44. The summed E-state index contributed by atoms with van der Waals surface area (Å²) in [6.45, 7) is -0.607. The smallest absolute Gasteiger partial charge is 0.326 e. The Kier molecular flexibility index (Phi) is 11.7. The van der Waals surface area contributed by atoms with Gasteiger partial charge in [0.2, 0.25) is 23.6 Å². The van der Waals surface area contributed by atoms with E-state index in [9.17, 15) is 28.8 Å². The van der Waals surface area contributed by atoms with Crippen molar-refractivity contribution in [1.82, 2.24) is 16.0 Å². The van der Waals surface area contributed by atoms with Crippen LogP contribution in [0, 0.1) is 0 Å². The number of primary amides is 1. The molecule has 0 bridgehead atoms. The van der Waals surface area contributed by atoms with Crippen LogP contribution in [0.5, 0.6) is 0 Å². The number of carbonyl (C=O) groups excluding carboxylic acids is 4. The van der Waals surface area contributed by atoms with Crippen LogP contribution in [-0.4, -0.2) is 70.5 Å². The molecule has 186 valence electrons. The minimum Gasteiger partial charge on any atom is -0.481 e. The van der Waals surface area contributed by atoms with Gasteiger partial charge in [-0.2, -0.15) is 0 Å². The molecule has 0 saturated heterocycles. The zero-order chi connectivity index (χ0) is 25.7. The highest BCUT2D eigenvalue weighted by molar-refractivity contribution is 5.93. The van der Waals surface area contributed by atoms with Crippen LogP contribution in [0.3, 0.4) is 0 Å². The number of nitrogens with one attached hydrogen (secondary N) is 3. The lowest BCUT2D eigenvalue weighted by Crippen LogP contribution is -2.54. The second-order valence-electron chi connectivity index (χ2n) is 7.47. The first-order chi connectivity index (χ1) is 16.0. The van der Waals surface area contributed by atoms with E-state index in [1.54, 1.807) is 30.3 Å². The molecule has 3 unspecified atom stereocenters. The van der Waals surface area contributed by atoms with Gasteiger partial charge in [-0.15, -0.1) is 0 Å². The van der Waals surface area contributed by atoms with Gasteiger partial charge >= 0.3 is 11.9 Å². The van der Waals surface area contributed by atoms with Crippen LogP contribution >= 0.6 is 0 Å². The Hall–Kier alpha value is -4.00. The van der Waals surface area contributed by atoms with Gasteiger partial charge in [-0.05, 0) is 18.4 Å². The van der Waals surface area contributed by atoms with Gasteiger partial charge in [-0.3, -0.25) is 24.0 Å². The van der Waals surface area contributed by atoms with Crippen LogP contribution in [-0.2, 0) is 35.2 Å². The molecular weight excluding hydrogens is 450 g/mol. The van der Waals surface area contributed by atoms with Crippen molar-refractivity contribution in [2.75, 3.05) is 6.54 Å². The SMILES string of the molecule is NC(=O)CCC(N)C(=O)NC(Cc1ccccc1)C(=O)NCC(=O)NC(CCC(=O)O)C(=O)O. The Balaban J connectivity index is 2.77.